The van der Waals surface area contributed by atoms with E-state index in [1.54, 1.807) is 0 Å². The number of carbonyl (C=O) groups is 1. The number of hydrogen-bond acceptors (Lipinski definition) is 4. The topological polar surface area (TPSA) is 47.3 Å². The van der Waals surface area contributed by atoms with Crippen LogP contribution in [0.1, 0.15) is 26.5 Å². The minimum absolute atomic E-state index is 0.127. The second-order valence-corrected chi connectivity index (χ2v) is 7.03. The van der Waals surface area contributed by atoms with Crippen LogP contribution in [0.4, 0.5) is 0 Å². The van der Waals surface area contributed by atoms with Gasteiger partial charge in [-0.1, -0.05) is 39.0 Å². The predicted molar refractivity (Wildman–Crippen MR) is 85.5 cm³/mol. The third-order valence-corrected chi connectivity index (χ3v) is 4.71. The molecule has 2 heterocycles. The summed E-state index contributed by atoms with van der Waals surface area (Å²) >= 11 is 1.25. The molecule has 0 aliphatic carbocycles. The first kappa shape index (κ1) is 14.1. The van der Waals surface area contributed by atoms with Gasteiger partial charge in [-0.05, 0) is 30.8 Å². The lowest BCUT2D eigenvalue weighted by Gasteiger charge is -2.15. The second-order valence-electron chi connectivity index (χ2n) is 6.07. The molecular weight excluding hydrogens is 282 g/mol. The minimum Gasteiger partial charge on any atom is -0.286 e. The van der Waals surface area contributed by atoms with E-state index in [1.165, 1.54) is 11.8 Å². The van der Waals surface area contributed by atoms with Crippen molar-refractivity contribution < 1.29 is 4.79 Å². The van der Waals surface area contributed by atoms with Crippen molar-refractivity contribution in [1.82, 2.24) is 14.4 Å². The molecule has 5 heteroatoms. The smallest absolute Gasteiger partial charge is 0.236 e. The van der Waals surface area contributed by atoms with Crippen LogP contribution < -0.4 is 0 Å². The van der Waals surface area contributed by atoms with Gasteiger partial charge in [0.15, 0.2) is 5.12 Å². The van der Waals surface area contributed by atoms with Crippen LogP contribution in [-0.4, -0.2) is 19.5 Å². The molecule has 0 aliphatic rings. The minimum atomic E-state index is -0.387. The standard InChI is InChI=1S/C16H17N3OS/c1-10-13(21-14(20)16(2,3)4)19-12-9-7-5-6-8-11(12)18-15(19)17-10/h5-9H,1-4H3. The summed E-state index contributed by atoms with van der Waals surface area (Å²) in [6.45, 7) is 7.70. The highest BCUT2D eigenvalue weighted by atomic mass is 32.2. The first-order valence-corrected chi connectivity index (χ1v) is 7.65. The fourth-order valence-electron chi connectivity index (χ4n) is 2.07. The molecule has 1 aromatic carbocycles. The zero-order chi connectivity index (χ0) is 15.2. The van der Waals surface area contributed by atoms with E-state index in [0.29, 0.717) is 5.78 Å². The quantitative estimate of drug-likeness (QED) is 0.640. The van der Waals surface area contributed by atoms with Crippen molar-refractivity contribution in [2.75, 3.05) is 0 Å². The Labute approximate surface area is 127 Å². The number of imidazole rings is 2. The van der Waals surface area contributed by atoms with Crippen molar-refractivity contribution >= 4 is 33.7 Å². The summed E-state index contributed by atoms with van der Waals surface area (Å²) in [5.74, 6) is 0.651. The van der Waals surface area contributed by atoms with E-state index in [4.69, 9.17) is 0 Å². The summed E-state index contributed by atoms with van der Waals surface area (Å²) in [4.78, 5) is 21.4. The maximum atomic E-state index is 12.3. The normalized spacial score (nSPS) is 12.2. The Morgan fingerprint density at radius 1 is 1.14 bits per heavy atom. The van der Waals surface area contributed by atoms with Gasteiger partial charge < -0.3 is 0 Å². The lowest BCUT2D eigenvalue weighted by molar-refractivity contribution is -0.117. The Kier molecular flexibility index (Phi) is 3.24. The molecular formula is C16H17N3OS. The first-order chi connectivity index (χ1) is 9.88. The monoisotopic (exact) mass is 299 g/mol. The molecule has 0 unspecified atom stereocenters. The Bertz CT molecular complexity index is 846. The van der Waals surface area contributed by atoms with Gasteiger partial charge in [0.25, 0.3) is 0 Å². The van der Waals surface area contributed by atoms with Crippen LogP contribution in [0, 0.1) is 12.3 Å². The summed E-state index contributed by atoms with van der Waals surface area (Å²) in [7, 11) is 0. The molecule has 0 bridgehead atoms. The maximum Gasteiger partial charge on any atom is 0.236 e. The van der Waals surface area contributed by atoms with E-state index in [9.17, 15) is 4.79 Å². The average Bonchev–Trinajstić information content (AvgIpc) is 2.75. The lowest BCUT2D eigenvalue weighted by atomic mass is 10.00. The molecule has 108 valence electrons. The van der Waals surface area contributed by atoms with Crippen molar-refractivity contribution in [1.29, 1.82) is 0 Å². The van der Waals surface area contributed by atoms with Gasteiger partial charge in [0, 0.05) is 5.41 Å². The average molecular weight is 299 g/mol. The zero-order valence-corrected chi connectivity index (χ0v) is 13.4. The van der Waals surface area contributed by atoms with Crippen molar-refractivity contribution in [2.45, 2.75) is 32.7 Å². The highest BCUT2D eigenvalue weighted by Gasteiger charge is 2.26. The number of aromatic nitrogens is 3. The molecule has 0 saturated heterocycles. The number of carbonyl (C=O) groups excluding carboxylic acids is 1. The van der Waals surface area contributed by atoms with E-state index in [0.717, 1.165) is 21.8 Å². The summed E-state index contributed by atoms with van der Waals surface area (Å²) in [5, 5.41) is 0.987. The zero-order valence-electron chi connectivity index (χ0n) is 12.5. The molecule has 0 saturated carbocycles. The molecule has 0 amide bonds. The fraction of sp³-hybridized carbons (Fsp3) is 0.312. The number of rotatable bonds is 1. The van der Waals surface area contributed by atoms with Gasteiger partial charge in [-0.2, -0.15) is 0 Å². The maximum absolute atomic E-state index is 12.3. The molecule has 0 aliphatic heterocycles. The SMILES string of the molecule is Cc1nc2nc3cccccc3n2c1SC(=O)C(C)(C)C. The third-order valence-electron chi connectivity index (χ3n) is 3.24. The Hall–Kier alpha value is -1.88. The molecule has 2 aromatic heterocycles. The Morgan fingerprint density at radius 3 is 2.57 bits per heavy atom. The lowest BCUT2D eigenvalue weighted by Crippen LogP contribution is -2.16. The molecule has 3 aromatic rings. The first-order valence-electron chi connectivity index (χ1n) is 6.84. The van der Waals surface area contributed by atoms with Crippen LogP contribution >= 0.6 is 11.8 Å². The highest BCUT2D eigenvalue weighted by molar-refractivity contribution is 8.13. The van der Waals surface area contributed by atoms with Crippen LogP contribution in [-0.2, 0) is 4.79 Å². The van der Waals surface area contributed by atoms with E-state index >= 15 is 0 Å². The number of thioether (sulfide) groups is 1. The van der Waals surface area contributed by atoms with Crippen molar-refractivity contribution in [3.63, 3.8) is 0 Å². The highest BCUT2D eigenvalue weighted by Crippen LogP contribution is 2.33. The molecule has 0 radical (unpaired) electrons. The molecule has 0 N–H and O–H groups in total. The molecule has 0 atom stereocenters. The largest absolute Gasteiger partial charge is 0.286 e. The summed E-state index contributed by atoms with van der Waals surface area (Å²) < 4.78 is 1.97. The van der Waals surface area contributed by atoms with Crippen LogP contribution in [0.15, 0.2) is 35.4 Å². The van der Waals surface area contributed by atoms with Crippen LogP contribution in [0.2, 0.25) is 0 Å². The summed E-state index contributed by atoms with van der Waals surface area (Å²) in [6, 6.07) is 9.85. The van der Waals surface area contributed by atoms with Crippen LogP contribution in [0.25, 0.3) is 16.8 Å². The molecule has 3 rings (SSSR count). The van der Waals surface area contributed by atoms with E-state index < -0.39 is 0 Å². The van der Waals surface area contributed by atoms with Gasteiger partial charge in [-0.25, -0.2) is 9.97 Å². The van der Waals surface area contributed by atoms with Gasteiger partial charge in [0.05, 0.1) is 16.7 Å². The Morgan fingerprint density at radius 2 is 1.86 bits per heavy atom. The van der Waals surface area contributed by atoms with Crippen LogP contribution in [0.3, 0.4) is 0 Å². The van der Waals surface area contributed by atoms with E-state index in [-0.39, 0.29) is 10.5 Å². The fourth-order valence-corrected chi connectivity index (χ4v) is 3.02. The number of nitrogens with zero attached hydrogens (tertiary/aromatic N) is 3. The number of hydrogen-bond donors (Lipinski definition) is 0. The Balaban J connectivity index is 2.22. The van der Waals surface area contributed by atoms with Gasteiger partial charge in [0.1, 0.15) is 5.03 Å². The van der Waals surface area contributed by atoms with Gasteiger partial charge >= 0.3 is 0 Å². The van der Waals surface area contributed by atoms with E-state index in [2.05, 4.69) is 9.97 Å². The number of fused-ring (bicyclic) bond motifs is 3. The van der Waals surface area contributed by atoms with Crippen molar-refractivity contribution in [3.05, 3.63) is 36.0 Å². The third kappa shape index (κ3) is 2.42. The van der Waals surface area contributed by atoms with E-state index in [1.807, 2.05) is 62.4 Å². The molecule has 0 fully saturated rings. The predicted octanol–water partition coefficient (Wildman–Crippen LogP) is 3.86. The molecule has 21 heavy (non-hydrogen) atoms. The van der Waals surface area contributed by atoms with Crippen molar-refractivity contribution in [2.24, 2.45) is 5.41 Å². The van der Waals surface area contributed by atoms with Gasteiger partial charge in [-0.3, -0.25) is 9.20 Å². The van der Waals surface area contributed by atoms with Crippen LogP contribution in [0.5, 0.6) is 0 Å². The number of aryl methyl sites for hydroxylation is 1. The van der Waals surface area contributed by atoms with Gasteiger partial charge in [-0.15, -0.1) is 0 Å². The summed E-state index contributed by atoms with van der Waals surface area (Å²) in [5.41, 5.74) is 2.31. The van der Waals surface area contributed by atoms with Gasteiger partial charge in [0.2, 0.25) is 5.78 Å². The molecule has 0 spiro atoms. The summed E-state index contributed by atoms with van der Waals surface area (Å²) in [6.07, 6.45) is 0. The second kappa shape index (κ2) is 4.84. The van der Waals surface area contributed by atoms with Crippen molar-refractivity contribution in [3.8, 4) is 0 Å². The molecule has 4 nitrogen and oxygen atoms in total.